The van der Waals surface area contributed by atoms with Crippen LogP contribution in [0, 0.1) is 0 Å². The van der Waals surface area contributed by atoms with Crippen molar-refractivity contribution >= 4 is 35.6 Å². The molecule has 1 unspecified atom stereocenters. The highest BCUT2D eigenvalue weighted by atomic mass is 32.2. The first-order chi connectivity index (χ1) is 24.3. The first kappa shape index (κ1) is 34.8. The number of nitrogens with zero attached hydrogens (tertiary/aromatic N) is 2. The standard InChI is InChI=1S/C37H35N3O9S/c41-20-24-10-12-26(13-11-24)31-17-28(22-50-33-29(35(44)45)7-4-16-38-33)48-36(49-31)27-14-8-23(9-15-27)19-40-32(42)18-30(34(40)43)39-37(46)47-21-25-5-2-1-3-6-25/h1-16,28,30-31,36,41H,17-22H2,(H,39,46)(H,44,45)/t28-,30?,31+,36+/m0/s1. The van der Waals surface area contributed by atoms with Crippen LogP contribution in [0.2, 0.25) is 0 Å². The first-order valence-electron chi connectivity index (χ1n) is 16.0. The number of aliphatic hydroxyl groups excluding tert-OH is 1. The molecule has 2 fully saturated rings. The smallest absolute Gasteiger partial charge is 0.408 e. The van der Waals surface area contributed by atoms with E-state index in [0.29, 0.717) is 28.3 Å². The Bertz CT molecular complexity index is 1820. The van der Waals surface area contributed by atoms with E-state index >= 15 is 0 Å². The fourth-order valence-electron chi connectivity index (χ4n) is 5.70. The summed E-state index contributed by atoms with van der Waals surface area (Å²) in [7, 11) is 0. The number of benzene rings is 3. The molecule has 6 rings (SSSR count). The molecule has 4 aromatic rings. The highest BCUT2D eigenvalue weighted by Crippen LogP contribution is 2.39. The van der Waals surface area contributed by atoms with E-state index in [1.165, 1.54) is 17.8 Å². The van der Waals surface area contributed by atoms with E-state index in [1.54, 1.807) is 24.4 Å². The van der Waals surface area contributed by atoms with Gasteiger partial charge >= 0.3 is 12.1 Å². The number of imide groups is 1. The highest BCUT2D eigenvalue weighted by molar-refractivity contribution is 7.99. The van der Waals surface area contributed by atoms with Crippen LogP contribution < -0.4 is 5.32 Å². The normalized spacial score (nSPS) is 20.5. The van der Waals surface area contributed by atoms with E-state index < -0.39 is 36.2 Å². The van der Waals surface area contributed by atoms with Crippen molar-refractivity contribution in [3.05, 3.63) is 131 Å². The largest absolute Gasteiger partial charge is 0.478 e. The number of aromatic nitrogens is 1. The van der Waals surface area contributed by atoms with Crippen molar-refractivity contribution in [1.29, 1.82) is 0 Å². The van der Waals surface area contributed by atoms with Gasteiger partial charge in [-0.2, -0.15) is 0 Å². The maximum absolute atomic E-state index is 13.1. The molecule has 2 saturated heterocycles. The van der Waals surface area contributed by atoms with Gasteiger partial charge in [0.25, 0.3) is 5.91 Å². The molecule has 2 aliphatic heterocycles. The lowest BCUT2D eigenvalue weighted by Crippen LogP contribution is -2.41. The number of aliphatic hydroxyl groups is 1. The summed E-state index contributed by atoms with van der Waals surface area (Å²) in [6.45, 7) is -0.0128. The van der Waals surface area contributed by atoms with Crippen LogP contribution in [-0.2, 0) is 43.6 Å². The minimum Gasteiger partial charge on any atom is -0.478 e. The summed E-state index contributed by atoms with van der Waals surface area (Å²) >= 11 is 1.30. The van der Waals surface area contributed by atoms with Crippen molar-refractivity contribution in [2.75, 3.05) is 5.75 Å². The molecule has 3 heterocycles. The lowest BCUT2D eigenvalue weighted by Gasteiger charge is -2.36. The SMILES string of the molecule is O=C(NC1CC(=O)N(Cc2ccc([C@@H]3O[C@H](CSc4ncccc4C(=O)O)C[C@H](c4ccc(CO)cc4)O3)cc2)C1=O)OCc1ccccc1. The number of hydrogen-bond donors (Lipinski definition) is 3. The summed E-state index contributed by atoms with van der Waals surface area (Å²) in [4.78, 5) is 55.2. The second-order valence-electron chi connectivity index (χ2n) is 11.8. The van der Waals surface area contributed by atoms with Crippen LogP contribution >= 0.6 is 11.8 Å². The van der Waals surface area contributed by atoms with E-state index in [4.69, 9.17) is 14.2 Å². The summed E-state index contributed by atoms with van der Waals surface area (Å²) in [5.74, 6) is -1.54. The van der Waals surface area contributed by atoms with Crippen molar-refractivity contribution in [3.8, 4) is 0 Å². The molecule has 0 spiro atoms. The Hall–Kier alpha value is -5.08. The quantitative estimate of drug-likeness (QED) is 0.132. The van der Waals surface area contributed by atoms with Gasteiger partial charge in [0, 0.05) is 23.9 Å². The zero-order valence-corrected chi connectivity index (χ0v) is 27.7. The summed E-state index contributed by atoms with van der Waals surface area (Å²) in [6, 6.07) is 25.9. The van der Waals surface area contributed by atoms with Gasteiger partial charge in [-0.3, -0.25) is 14.5 Å². The van der Waals surface area contributed by atoms with E-state index in [9.17, 15) is 29.4 Å². The molecule has 3 N–H and O–H groups in total. The molecule has 3 aromatic carbocycles. The summed E-state index contributed by atoms with van der Waals surface area (Å²) in [5.41, 5.74) is 4.00. The molecule has 2 aliphatic rings. The second kappa shape index (κ2) is 16.1. The Morgan fingerprint density at radius 2 is 1.62 bits per heavy atom. The maximum Gasteiger partial charge on any atom is 0.408 e. The Kier molecular flexibility index (Phi) is 11.2. The van der Waals surface area contributed by atoms with E-state index in [0.717, 1.165) is 21.6 Å². The Balaban J connectivity index is 1.10. The molecule has 4 atom stereocenters. The maximum atomic E-state index is 13.1. The Labute approximate surface area is 292 Å². The number of alkyl carbamates (subject to hydrolysis) is 1. The highest BCUT2D eigenvalue weighted by Gasteiger charge is 2.40. The Morgan fingerprint density at radius 3 is 2.34 bits per heavy atom. The lowest BCUT2D eigenvalue weighted by molar-refractivity contribution is -0.245. The minimum atomic E-state index is -1.06. The van der Waals surface area contributed by atoms with Gasteiger partial charge in [0.15, 0.2) is 6.29 Å². The average Bonchev–Trinajstić information content (AvgIpc) is 3.40. The van der Waals surface area contributed by atoms with Gasteiger partial charge < -0.3 is 29.7 Å². The number of carboxylic acid groups (broad SMARTS) is 1. The number of pyridine rings is 1. The van der Waals surface area contributed by atoms with E-state index in [1.807, 2.05) is 66.7 Å². The van der Waals surface area contributed by atoms with Crippen molar-refractivity contribution in [2.45, 2.75) is 62.2 Å². The predicted octanol–water partition coefficient (Wildman–Crippen LogP) is 5.16. The van der Waals surface area contributed by atoms with Crippen LogP contribution in [0.3, 0.4) is 0 Å². The number of rotatable bonds is 12. The molecule has 0 radical (unpaired) electrons. The second-order valence-corrected chi connectivity index (χ2v) is 12.9. The number of aromatic carboxylic acids is 1. The van der Waals surface area contributed by atoms with Crippen molar-refractivity contribution in [3.63, 3.8) is 0 Å². The number of carboxylic acids is 1. The number of nitrogens with one attached hydrogen (secondary N) is 1. The van der Waals surface area contributed by atoms with E-state index in [2.05, 4.69) is 10.3 Å². The van der Waals surface area contributed by atoms with Crippen molar-refractivity contribution in [2.24, 2.45) is 0 Å². The van der Waals surface area contributed by atoms with Crippen LogP contribution in [0.15, 0.2) is 102 Å². The van der Waals surface area contributed by atoms with Crippen LogP contribution in [0.5, 0.6) is 0 Å². The Morgan fingerprint density at radius 1 is 0.900 bits per heavy atom. The van der Waals surface area contributed by atoms with Gasteiger partial charge in [-0.15, -0.1) is 11.8 Å². The van der Waals surface area contributed by atoms with Crippen molar-refractivity contribution < 1.29 is 43.6 Å². The number of carbonyl (C=O) groups is 4. The number of likely N-dealkylation sites (tertiary alicyclic amines) is 1. The first-order valence-corrected chi connectivity index (χ1v) is 17.0. The fourth-order valence-corrected chi connectivity index (χ4v) is 6.70. The zero-order chi connectivity index (χ0) is 35.0. The number of thioether (sulfide) groups is 1. The van der Waals surface area contributed by atoms with Gasteiger partial charge in [0.05, 0.1) is 37.3 Å². The third kappa shape index (κ3) is 8.55. The summed E-state index contributed by atoms with van der Waals surface area (Å²) in [6.07, 6.45) is -0.320. The van der Waals surface area contributed by atoms with Crippen LogP contribution in [0.4, 0.5) is 4.79 Å². The lowest BCUT2D eigenvalue weighted by atomic mass is 10.0. The molecule has 1 aromatic heterocycles. The molecule has 0 aliphatic carbocycles. The predicted molar refractivity (Wildman–Crippen MR) is 181 cm³/mol. The van der Waals surface area contributed by atoms with Crippen LogP contribution in [0.1, 0.15) is 63.4 Å². The van der Waals surface area contributed by atoms with Crippen molar-refractivity contribution in [1.82, 2.24) is 15.2 Å². The molecule has 50 heavy (non-hydrogen) atoms. The van der Waals surface area contributed by atoms with Gasteiger partial charge in [0.1, 0.15) is 17.7 Å². The van der Waals surface area contributed by atoms with E-state index in [-0.39, 0.29) is 44.0 Å². The number of hydrogen-bond acceptors (Lipinski definition) is 10. The molecule has 12 nitrogen and oxygen atoms in total. The number of ether oxygens (including phenoxy) is 3. The fraction of sp³-hybridized carbons (Fsp3) is 0.270. The molecule has 258 valence electrons. The monoisotopic (exact) mass is 697 g/mol. The van der Waals surface area contributed by atoms with Crippen LogP contribution in [-0.4, -0.2) is 61.9 Å². The van der Waals surface area contributed by atoms with Gasteiger partial charge in [0.2, 0.25) is 5.91 Å². The summed E-state index contributed by atoms with van der Waals surface area (Å²) < 4.78 is 18.0. The van der Waals surface area contributed by atoms with Gasteiger partial charge in [-0.05, 0) is 34.4 Å². The molecular weight excluding hydrogens is 662 g/mol. The number of amides is 3. The zero-order valence-electron chi connectivity index (χ0n) is 26.8. The molecule has 0 bridgehead atoms. The summed E-state index contributed by atoms with van der Waals surface area (Å²) in [5, 5.41) is 22.0. The average molecular weight is 698 g/mol. The number of carbonyl (C=O) groups excluding carboxylic acids is 3. The third-order valence-corrected chi connectivity index (χ3v) is 9.50. The molecule has 0 saturated carbocycles. The van der Waals surface area contributed by atoms with Gasteiger partial charge in [-0.1, -0.05) is 78.9 Å². The van der Waals surface area contributed by atoms with Crippen LogP contribution in [0.25, 0.3) is 0 Å². The third-order valence-electron chi connectivity index (χ3n) is 8.36. The minimum absolute atomic E-state index is 0.0245. The molecule has 3 amide bonds. The van der Waals surface area contributed by atoms with Gasteiger partial charge in [-0.25, -0.2) is 14.6 Å². The molecule has 13 heteroatoms. The molecular formula is C37H35N3O9S. The topological polar surface area (TPSA) is 165 Å².